The highest BCUT2D eigenvalue weighted by molar-refractivity contribution is 5.96. The van der Waals surface area contributed by atoms with Crippen LogP contribution in [0, 0.1) is 0 Å². The topological polar surface area (TPSA) is 71.5 Å². The number of hydrogen-bond donors (Lipinski definition) is 2. The quantitative estimate of drug-likeness (QED) is 0.549. The number of hydrogen-bond acceptors (Lipinski definition) is 4. The molecule has 17 heavy (non-hydrogen) atoms. The number of carbonyl (C=O) groups excluding carboxylic acids is 1. The first-order valence-corrected chi connectivity index (χ1v) is 5.35. The molecular weight excluding hydrogens is 220 g/mol. The fraction of sp³-hybridized carbons (Fsp3) is 0.333. The van der Waals surface area contributed by atoms with Crippen molar-refractivity contribution in [3.05, 3.63) is 36.7 Å². The molecule has 0 aliphatic rings. The van der Waals surface area contributed by atoms with Crippen LogP contribution in [0.1, 0.15) is 16.8 Å². The van der Waals surface area contributed by atoms with Crippen molar-refractivity contribution in [1.82, 2.24) is 10.3 Å². The Morgan fingerprint density at radius 2 is 2.41 bits per heavy atom. The van der Waals surface area contributed by atoms with Gasteiger partial charge in [-0.1, -0.05) is 6.08 Å². The summed E-state index contributed by atoms with van der Waals surface area (Å²) in [5.41, 5.74) is 0.214. The van der Waals surface area contributed by atoms with Gasteiger partial charge in [-0.05, 0) is 12.5 Å². The standard InChI is InChI=1S/C12H16N2O3/c1-2-3-7-17-8-6-14-12(16)10-4-5-13-9-11(10)15/h2,4-5,9,15H,1,3,6-8H2,(H,14,16). The molecule has 0 aromatic carbocycles. The van der Waals surface area contributed by atoms with Crippen molar-refractivity contribution in [2.75, 3.05) is 19.8 Å². The van der Waals surface area contributed by atoms with Crippen LogP contribution >= 0.6 is 0 Å². The number of rotatable bonds is 7. The molecule has 5 heteroatoms. The average molecular weight is 236 g/mol. The van der Waals surface area contributed by atoms with E-state index in [1.807, 2.05) is 0 Å². The van der Waals surface area contributed by atoms with Gasteiger partial charge < -0.3 is 15.2 Å². The maximum atomic E-state index is 11.6. The smallest absolute Gasteiger partial charge is 0.255 e. The van der Waals surface area contributed by atoms with Crippen LogP contribution in [0.25, 0.3) is 0 Å². The van der Waals surface area contributed by atoms with Crippen LogP contribution in [0.15, 0.2) is 31.1 Å². The second-order valence-electron chi connectivity index (χ2n) is 3.34. The summed E-state index contributed by atoms with van der Waals surface area (Å²) in [6, 6.07) is 1.46. The highest BCUT2D eigenvalue weighted by Crippen LogP contribution is 2.12. The highest BCUT2D eigenvalue weighted by atomic mass is 16.5. The predicted octanol–water partition coefficient (Wildman–Crippen LogP) is 1.11. The third-order valence-electron chi connectivity index (χ3n) is 2.04. The van der Waals surface area contributed by atoms with Crippen LogP contribution in [0.4, 0.5) is 0 Å². The van der Waals surface area contributed by atoms with E-state index in [2.05, 4.69) is 16.9 Å². The number of ether oxygens (including phenoxy) is 1. The summed E-state index contributed by atoms with van der Waals surface area (Å²) in [4.78, 5) is 15.3. The fourth-order valence-corrected chi connectivity index (χ4v) is 1.18. The van der Waals surface area contributed by atoms with Gasteiger partial charge in [0.15, 0.2) is 0 Å². The second kappa shape index (κ2) is 7.40. The summed E-state index contributed by atoms with van der Waals surface area (Å²) < 4.78 is 5.23. The largest absolute Gasteiger partial charge is 0.505 e. The molecule has 1 heterocycles. The zero-order valence-electron chi connectivity index (χ0n) is 9.56. The zero-order valence-corrected chi connectivity index (χ0v) is 9.56. The van der Waals surface area contributed by atoms with E-state index in [0.717, 1.165) is 6.42 Å². The molecule has 1 amide bonds. The third-order valence-corrected chi connectivity index (χ3v) is 2.04. The maximum absolute atomic E-state index is 11.6. The van der Waals surface area contributed by atoms with Crippen LogP contribution in [0.5, 0.6) is 5.75 Å². The summed E-state index contributed by atoms with van der Waals surface area (Å²) in [5, 5.41) is 12.0. The lowest BCUT2D eigenvalue weighted by Crippen LogP contribution is -2.27. The molecular formula is C12H16N2O3. The van der Waals surface area contributed by atoms with Gasteiger partial charge in [0, 0.05) is 12.7 Å². The minimum absolute atomic E-state index is 0.127. The summed E-state index contributed by atoms with van der Waals surface area (Å²) in [6.45, 7) is 5.01. The Bertz CT molecular complexity index is 380. The van der Waals surface area contributed by atoms with E-state index in [1.165, 1.54) is 18.5 Å². The lowest BCUT2D eigenvalue weighted by molar-refractivity contribution is 0.0915. The summed E-state index contributed by atoms with van der Waals surface area (Å²) >= 11 is 0. The average Bonchev–Trinajstić information content (AvgIpc) is 2.34. The minimum Gasteiger partial charge on any atom is -0.505 e. The zero-order chi connectivity index (χ0) is 12.5. The Kier molecular flexibility index (Phi) is 5.74. The molecule has 0 saturated carbocycles. The Balaban J connectivity index is 2.26. The van der Waals surface area contributed by atoms with Gasteiger partial charge in [-0.2, -0.15) is 0 Å². The van der Waals surface area contributed by atoms with Crippen LogP contribution < -0.4 is 5.32 Å². The molecule has 0 aliphatic heterocycles. The fourth-order valence-electron chi connectivity index (χ4n) is 1.18. The molecule has 0 saturated heterocycles. The van der Waals surface area contributed by atoms with E-state index in [4.69, 9.17) is 4.74 Å². The van der Waals surface area contributed by atoms with Crippen molar-refractivity contribution < 1.29 is 14.6 Å². The van der Waals surface area contributed by atoms with Gasteiger partial charge in [0.1, 0.15) is 5.75 Å². The summed E-state index contributed by atoms with van der Waals surface area (Å²) in [6.07, 6.45) is 5.25. The molecule has 92 valence electrons. The number of amides is 1. The van der Waals surface area contributed by atoms with Crippen molar-refractivity contribution in [3.8, 4) is 5.75 Å². The normalized spacial score (nSPS) is 9.88. The lowest BCUT2D eigenvalue weighted by Gasteiger charge is -2.06. The van der Waals surface area contributed by atoms with Crippen LogP contribution in [-0.2, 0) is 4.74 Å². The van der Waals surface area contributed by atoms with E-state index >= 15 is 0 Å². The SMILES string of the molecule is C=CCCOCCNC(=O)c1ccncc1O. The molecule has 1 rings (SSSR count). The van der Waals surface area contributed by atoms with E-state index < -0.39 is 0 Å². The van der Waals surface area contributed by atoms with E-state index in [9.17, 15) is 9.90 Å². The van der Waals surface area contributed by atoms with Crippen LogP contribution in [0.3, 0.4) is 0 Å². The number of carbonyl (C=O) groups is 1. The molecule has 0 unspecified atom stereocenters. The van der Waals surface area contributed by atoms with Crippen molar-refractivity contribution >= 4 is 5.91 Å². The molecule has 0 aliphatic carbocycles. The first-order valence-electron chi connectivity index (χ1n) is 5.35. The third kappa shape index (κ3) is 4.65. The van der Waals surface area contributed by atoms with Crippen molar-refractivity contribution in [2.45, 2.75) is 6.42 Å². The lowest BCUT2D eigenvalue weighted by atomic mass is 10.2. The van der Waals surface area contributed by atoms with Crippen LogP contribution in [-0.4, -0.2) is 35.8 Å². The Hall–Kier alpha value is -1.88. The number of nitrogens with zero attached hydrogens (tertiary/aromatic N) is 1. The monoisotopic (exact) mass is 236 g/mol. The van der Waals surface area contributed by atoms with E-state index in [-0.39, 0.29) is 17.2 Å². The second-order valence-corrected chi connectivity index (χ2v) is 3.34. The highest BCUT2D eigenvalue weighted by Gasteiger charge is 2.09. The van der Waals surface area contributed by atoms with Gasteiger partial charge in [-0.3, -0.25) is 9.78 Å². The Labute approximate surface area is 100 Å². The maximum Gasteiger partial charge on any atom is 0.255 e. The molecule has 0 bridgehead atoms. The van der Waals surface area contributed by atoms with Gasteiger partial charge in [0.05, 0.1) is 25.0 Å². The molecule has 2 N–H and O–H groups in total. The molecule has 0 spiro atoms. The first kappa shape index (κ1) is 13.2. The van der Waals surface area contributed by atoms with Gasteiger partial charge in [-0.25, -0.2) is 0 Å². The predicted molar refractivity (Wildman–Crippen MR) is 63.9 cm³/mol. The molecule has 0 atom stereocenters. The minimum atomic E-state index is -0.336. The van der Waals surface area contributed by atoms with Gasteiger partial charge >= 0.3 is 0 Å². The molecule has 5 nitrogen and oxygen atoms in total. The van der Waals surface area contributed by atoms with E-state index in [1.54, 1.807) is 6.08 Å². The Morgan fingerprint density at radius 3 is 3.12 bits per heavy atom. The molecule has 0 fully saturated rings. The van der Waals surface area contributed by atoms with Crippen molar-refractivity contribution in [2.24, 2.45) is 0 Å². The number of nitrogens with one attached hydrogen (secondary N) is 1. The van der Waals surface area contributed by atoms with Gasteiger partial charge in [0.25, 0.3) is 5.91 Å². The first-order chi connectivity index (χ1) is 8.25. The van der Waals surface area contributed by atoms with Crippen LogP contribution in [0.2, 0.25) is 0 Å². The van der Waals surface area contributed by atoms with E-state index in [0.29, 0.717) is 19.8 Å². The molecule has 1 aromatic heterocycles. The Morgan fingerprint density at radius 1 is 1.59 bits per heavy atom. The van der Waals surface area contributed by atoms with Crippen molar-refractivity contribution in [1.29, 1.82) is 0 Å². The van der Waals surface area contributed by atoms with Crippen molar-refractivity contribution in [3.63, 3.8) is 0 Å². The molecule has 0 radical (unpaired) electrons. The van der Waals surface area contributed by atoms with Gasteiger partial charge in [0.2, 0.25) is 0 Å². The number of aromatic hydroxyl groups is 1. The van der Waals surface area contributed by atoms with Gasteiger partial charge in [-0.15, -0.1) is 6.58 Å². The number of pyridine rings is 1. The summed E-state index contributed by atoms with van der Waals surface area (Å²) in [5.74, 6) is -0.463. The summed E-state index contributed by atoms with van der Waals surface area (Å²) in [7, 11) is 0. The number of aromatic nitrogens is 1. The molecule has 1 aromatic rings.